The number of halogens is 1. The fourth-order valence-electron chi connectivity index (χ4n) is 1.79. The van der Waals surface area contributed by atoms with Gasteiger partial charge in [0.15, 0.2) is 5.78 Å². The molecule has 0 bridgehead atoms. The molecule has 1 N–H and O–H groups in total. The highest BCUT2D eigenvalue weighted by atomic mass is 35.5. The van der Waals surface area contributed by atoms with Crippen molar-refractivity contribution in [2.75, 3.05) is 6.54 Å². The Labute approximate surface area is 132 Å². The van der Waals surface area contributed by atoms with Crippen LogP contribution in [0.3, 0.4) is 0 Å². The highest BCUT2D eigenvalue weighted by molar-refractivity contribution is 7.07. The molecule has 0 radical (unpaired) electrons. The highest BCUT2D eigenvalue weighted by Crippen LogP contribution is 2.11. The number of nitrogens with zero attached hydrogens (tertiary/aromatic N) is 1. The summed E-state index contributed by atoms with van der Waals surface area (Å²) < 4.78 is 0. The Morgan fingerprint density at radius 1 is 1.19 bits per heavy atom. The lowest BCUT2D eigenvalue weighted by Gasteiger charge is -2.04. The van der Waals surface area contributed by atoms with Gasteiger partial charge in [-0.3, -0.25) is 9.59 Å². The van der Waals surface area contributed by atoms with Crippen LogP contribution in [-0.2, 0) is 11.2 Å². The van der Waals surface area contributed by atoms with Crippen LogP contribution in [0.2, 0.25) is 5.02 Å². The van der Waals surface area contributed by atoms with E-state index in [0.29, 0.717) is 23.6 Å². The molecular formula is C15H15ClN2O2S. The van der Waals surface area contributed by atoms with Crippen LogP contribution < -0.4 is 5.32 Å². The van der Waals surface area contributed by atoms with Gasteiger partial charge >= 0.3 is 0 Å². The van der Waals surface area contributed by atoms with Gasteiger partial charge in [0.25, 0.3) is 0 Å². The molecule has 0 unspecified atom stereocenters. The third-order valence-corrected chi connectivity index (χ3v) is 3.82. The Kier molecular flexibility index (Phi) is 5.90. The van der Waals surface area contributed by atoms with Gasteiger partial charge in [-0.15, -0.1) is 11.3 Å². The smallest absolute Gasteiger partial charge is 0.220 e. The maximum absolute atomic E-state index is 11.9. The summed E-state index contributed by atoms with van der Waals surface area (Å²) in [7, 11) is 0. The second-order valence-electron chi connectivity index (χ2n) is 4.51. The molecule has 0 aliphatic carbocycles. The predicted molar refractivity (Wildman–Crippen MR) is 83.8 cm³/mol. The number of rotatable bonds is 7. The van der Waals surface area contributed by atoms with Crippen molar-refractivity contribution >= 4 is 34.6 Å². The summed E-state index contributed by atoms with van der Waals surface area (Å²) in [5.74, 6) is -0.172. The fourth-order valence-corrected chi connectivity index (χ4v) is 2.51. The first-order valence-electron chi connectivity index (χ1n) is 6.57. The van der Waals surface area contributed by atoms with Gasteiger partial charge in [0, 0.05) is 41.8 Å². The third-order valence-electron chi connectivity index (χ3n) is 2.93. The van der Waals surface area contributed by atoms with E-state index < -0.39 is 0 Å². The van der Waals surface area contributed by atoms with Gasteiger partial charge < -0.3 is 5.32 Å². The molecule has 4 nitrogen and oxygen atoms in total. The lowest BCUT2D eigenvalue weighted by molar-refractivity contribution is -0.121. The molecule has 1 aromatic carbocycles. The molecule has 0 saturated carbocycles. The largest absolute Gasteiger partial charge is 0.356 e. The number of thiazole rings is 1. The zero-order valence-electron chi connectivity index (χ0n) is 11.3. The molecule has 1 amide bonds. The van der Waals surface area contributed by atoms with Crippen molar-refractivity contribution in [1.29, 1.82) is 0 Å². The molecule has 6 heteroatoms. The molecule has 1 aromatic heterocycles. The van der Waals surface area contributed by atoms with Gasteiger partial charge in [-0.1, -0.05) is 11.6 Å². The number of hydrogen-bond acceptors (Lipinski definition) is 4. The summed E-state index contributed by atoms with van der Waals surface area (Å²) in [5, 5.41) is 5.33. The highest BCUT2D eigenvalue weighted by Gasteiger charge is 2.09. The number of carbonyl (C=O) groups excluding carboxylic acids is 2. The van der Waals surface area contributed by atoms with Crippen LogP contribution in [0.15, 0.2) is 35.2 Å². The first-order chi connectivity index (χ1) is 10.1. The van der Waals surface area contributed by atoms with E-state index in [9.17, 15) is 9.59 Å². The van der Waals surface area contributed by atoms with Crippen molar-refractivity contribution in [2.24, 2.45) is 0 Å². The van der Waals surface area contributed by atoms with Crippen LogP contribution >= 0.6 is 22.9 Å². The van der Waals surface area contributed by atoms with Gasteiger partial charge in [-0.25, -0.2) is 4.98 Å². The van der Waals surface area contributed by atoms with Gasteiger partial charge in [-0.05, 0) is 24.3 Å². The van der Waals surface area contributed by atoms with E-state index in [1.54, 1.807) is 29.8 Å². The normalized spacial score (nSPS) is 10.3. The number of hydrogen-bond donors (Lipinski definition) is 1. The first-order valence-corrected chi connectivity index (χ1v) is 7.90. The van der Waals surface area contributed by atoms with E-state index in [4.69, 9.17) is 11.6 Å². The number of aromatic nitrogens is 1. The average Bonchev–Trinajstić information content (AvgIpc) is 2.99. The molecule has 0 spiro atoms. The summed E-state index contributed by atoms with van der Waals surface area (Å²) in [6.07, 6.45) is 1.10. The minimum Gasteiger partial charge on any atom is -0.356 e. The number of Topliss-reactive ketones (excluding diaryl/α,β-unsaturated/α-hetero) is 1. The van der Waals surface area contributed by atoms with E-state index in [1.165, 1.54) is 11.3 Å². The summed E-state index contributed by atoms with van der Waals surface area (Å²) in [6.45, 7) is 0.539. The van der Waals surface area contributed by atoms with E-state index in [0.717, 1.165) is 5.69 Å². The number of ketones is 1. The SMILES string of the molecule is O=C(CCC(=O)c1ccc(Cl)cc1)NCCc1cscn1. The predicted octanol–water partition coefficient (Wildman–Crippen LogP) is 3.12. The molecule has 2 aromatic rings. The maximum Gasteiger partial charge on any atom is 0.220 e. The van der Waals surface area contributed by atoms with E-state index in [2.05, 4.69) is 10.3 Å². The van der Waals surface area contributed by atoms with Crippen molar-refractivity contribution in [3.05, 3.63) is 51.4 Å². The average molecular weight is 323 g/mol. The van der Waals surface area contributed by atoms with E-state index in [-0.39, 0.29) is 24.5 Å². The van der Waals surface area contributed by atoms with E-state index >= 15 is 0 Å². The van der Waals surface area contributed by atoms with Crippen LogP contribution in [0.4, 0.5) is 0 Å². The van der Waals surface area contributed by atoms with Crippen LogP contribution in [0.25, 0.3) is 0 Å². The Morgan fingerprint density at radius 3 is 2.62 bits per heavy atom. The van der Waals surface area contributed by atoms with Crippen molar-refractivity contribution in [2.45, 2.75) is 19.3 Å². The number of nitrogens with one attached hydrogen (secondary N) is 1. The molecule has 1 heterocycles. The molecular weight excluding hydrogens is 308 g/mol. The lowest BCUT2D eigenvalue weighted by Crippen LogP contribution is -2.26. The summed E-state index contributed by atoms with van der Waals surface area (Å²) >= 11 is 7.30. The fraction of sp³-hybridized carbons (Fsp3) is 0.267. The quantitative estimate of drug-likeness (QED) is 0.797. The summed E-state index contributed by atoms with van der Waals surface area (Å²) in [5.41, 5.74) is 3.31. The Morgan fingerprint density at radius 2 is 1.95 bits per heavy atom. The molecule has 2 rings (SSSR count). The number of amides is 1. The van der Waals surface area contributed by atoms with Gasteiger partial charge in [0.2, 0.25) is 5.91 Å². The topological polar surface area (TPSA) is 59.1 Å². The minimum atomic E-state index is -0.118. The van der Waals surface area contributed by atoms with Crippen molar-refractivity contribution in [3.63, 3.8) is 0 Å². The zero-order chi connectivity index (χ0) is 15.1. The van der Waals surface area contributed by atoms with E-state index in [1.807, 2.05) is 5.38 Å². The molecule has 21 heavy (non-hydrogen) atoms. The molecule has 0 aliphatic rings. The Hall–Kier alpha value is -1.72. The van der Waals surface area contributed by atoms with Crippen LogP contribution in [0, 0.1) is 0 Å². The minimum absolute atomic E-state index is 0.0543. The maximum atomic E-state index is 11.9. The Balaban J connectivity index is 1.68. The second kappa shape index (κ2) is 7.90. The molecule has 0 aliphatic heterocycles. The molecule has 110 valence electrons. The van der Waals surface area contributed by atoms with Crippen molar-refractivity contribution < 1.29 is 9.59 Å². The second-order valence-corrected chi connectivity index (χ2v) is 5.66. The molecule has 0 fully saturated rings. The van der Waals surface area contributed by atoms with Gasteiger partial charge in [0.05, 0.1) is 11.2 Å². The van der Waals surface area contributed by atoms with Crippen LogP contribution in [0.5, 0.6) is 0 Å². The lowest BCUT2D eigenvalue weighted by atomic mass is 10.1. The monoisotopic (exact) mass is 322 g/mol. The summed E-state index contributed by atoms with van der Waals surface area (Å²) in [4.78, 5) is 27.7. The number of benzene rings is 1. The van der Waals surface area contributed by atoms with Gasteiger partial charge in [-0.2, -0.15) is 0 Å². The Bertz CT molecular complexity index is 597. The zero-order valence-corrected chi connectivity index (χ0v) is 12.9. The van der Waals surface area contributed by atoms with Crippen molar-refractivity contribution in [3.8, 4) is 0 Å². The van der Waals surface area contributed by atoms with Crippen molar-refractivity contribution in [1.82, 2.24) is 10.3 Å². The summed E-state index contributed by atoms with van der Waals surface area (Å²) in [6, 6.07) is 6.68. The molecule has 0 saturated heterocycles. The third kappa shape index (κ3) is 5.28. The van der Waals surface area contributed by atoms with Crippen LogP contribution in [-0.4, -0.2) is 23.2 Å². The standard InChI is InChI=1S/C15H15ClN2O2S/c16-12-3-1-11(2-4-12)14(19)5-6-15(20)17-8-7-13-9-21-10-18-13/h1-4,9-10H,5-8H2,(H,17,20). The molecule has 0 atom stereocenters. The first kappa shape index (κ1) is 15.7. The van der Waals surface area contributed by atoms with Gasteiger partial charge in [0.1, 0.15) is 0 Å². The van der Waals surface area contributed by atoms with Crippen LogP contribution in [0.1, 0.15) is 28.9 Å². The number of carbonyl (C=O) groups is 2.